The molecule has 0 saturated carbocycles. The first-order valence-electron chi connectivity index (χ1n) is 5.29. The van der Waals surface area contributed by atoms with E-state index in [4.69, 9.17) is 16.6 Å². The monoisotopic (exact) mass is 245 g/mol. The van der Waals surface area contributed by atoms with Gasteiger partial charge in [0.15, 0.2) is 0 Å². The molecule has 0 aliphatic carbocycles. The fraction of sp³-hybridized carbons (Fsp3) is 0.636. The summed E-state index contributed by atoms with van der Waals surface area (Å²) in [7, 11) is 0. The molecule has 0 aliphatic heterocycles. The van der Waals surface area contributed by atoms with Crippen molar-refractivity contribution in [1.29, 1.82) is 0 Å². The number of hydrogen-bond acceptors (Lipinski definition) is 3. The van der Waals surface area contributed by atoms with E-state index in [0.717, 1.165) is 0 Å². The minimum atomic E-state index is -1.41. The van der Waals surface area contributed by atoms with Gasteiger partial charge in [0.1, 0.15) is 11.4 Å². The molecule has 98 valence electrons. The number of halogens is 1. The van der Waals surface area contributed by atoms with Crippen LogP contribution in [-0.2, 0) is 4.79 Å². The topological polar surface area (TPSA) is 102 Å². The predicted molar refractivity (Wildman–Crippen MR) is 65.4 cm³/mol. The van der Waals surface area contributed by atoms with E-state index in [1.54, 1.807) is 13.8 Å². The van der Waals surface area contributed by atoms with E-state index in [0.29, 0.717) is 11.4 Å². The SMILES string of the molecule is CC(N)=NC/C(C)=C(\F)CCC(C)(N)C(=O)O. The van der Waals surface area contributed by atoms with Crippen LogP contribution in [0.1, 0.15) is 33.6 Å². The molecule has 1 atom stereocenters. The molecule has 0 radical (unpaired) electrons. The van der Waals surface area contributed by atoms with Crippen LogP contribution in [0.15, 0.2) is 16.4 Å². The van der Waals surface area contributed by atoms with E-state index in [9.17, 15) is 9.18 Å². The molecule has 0 heterocycles. The van der Waals surface area contributed by atoms with Crippen molar-refractivity contribution in [3.63, 3.8) is 0 Å². The molecule has 5 N–H and O–H groups in total. The van der Waals surface area contributed by atoms with Crippen LogP contribution >= 0.6 is 0 Å². The number of carboxylic acid groups (broad SMARTS) is 1. The molecule has 0 aromatic carbocycles. The summed E-state index contributed by atoms with van der Waals surface area (Å²) in [4.78, 5) is 14.6. The number of aliphatic imine (C=N–C) groups is 1. The van der Waals surface area contributed by atoms with E-state index in [2.05, 4.69) is 4.99 Å². The molecule has 0 fully saturated rings. The average molecular weight is 245 g/mol. The smallest absolute Gasteiger partial charge is 0.323 e. The zero-order valence-electron chi connectivity index (χ0n) is 10.5. The Morgan fingerprint density at radius 1 is 1.47 bits per heavy atom. The van der Waals surface area contributed by atoms with Gasteiger partial charge in [-0.25, -0.2) is 4.39 Å². The van der Waals surface area contributed by atoms with Crippen LogP contribution in [0.2, 0.25) is 0 Å². The summed E-state index contributed by atoms with van der Waals surface area (Å²) in [5.74, 6) is -1.14. The first-order valence-corrected chi connectivity index (χ1v) is 5.29. The second-order valence-electron chi connectivity index (χ2n) is 4.37. The van der Waals surface area contributed by atoms with Gasteiger partial charge in [-0.3, -0.25) is 9.79 Å². The normalized spacial score (nSPS) is 17.4. The van der Waals surface area contributed by atoms with Gasteiger partial charge >= 0.3 is 5.97 Å². The summed E-state index contributed by atoms with van der Waals surface area (Å²) >= 11 is 0. The lowest BCUT2D eigenvalue weighted by atomic mass is 9.96. The van der Waals surface area contributed by atoms with Gasteiger partial charge in [0, 0.05) is 6.42 Å². The van der Waals surface area contributed by atoms with Gasteiger partial charge < -0.3 is 16.6 Å². The zero-order chi connectivity index (χ0) is 13.6. The van der Waals surface area contributed by atoms with Gasteiger partial charge in [-0.1, -0.05) is 0 Å². The Hall–Kier alpha value is -1.43. The van der Waals surface area contributed by atoms with Gasteiger partial charge in [0.2, 0.25) is 0 Å². The first-order chi connectivity index (χ1) is 7.66. The summed E-state index contributed by atoms with van der Waals surface area (Å²) in [5.41, 5.74) is 9.85. The number of carbonyl (C=O) groups is 1. The molecule has 17 heavy (non-hydrogen) atoms. The van der Waals surface area contributed by atoms with E-state index in [-0.39, 0.29) is 25.2 Å². The summed E-state index contributed by atoms with van der Waals surface area (Å²) in [6, 6.07) is 0. The minimum Gasteiger partial charge on any atom is -0.480 e. The Bertz CT molecular complexity index is 345. The summed E-state index contributed by atoms with van der Waals surface area (Å²) < 4.78 is 13.6. The second kappa shape index (κ2) is 6.34. The predicted octanol–water partition coefficient (Wildman–Crippen LogP) is 1.19. The Kier molecular flexibility index (Phi) is 5.81. The summed E-state index contributed by atoms with van der Waals surface area (Å²) in [5, 5.41) is 8.77. The van der Waals surface area contributed by atoms with E-state index in [1.165, 1.54) is 6.92 Å². The number of nitrogens with zero attached hydrogens (tertiary/aromatic N) is 1. The highest BCUT2D eigenvalue weighted by molar-refractivity contribution is 5.78. The Morgan fingerprint density at radius 3 is 2.41 bits per heavy atom. The van der Waals surface area contributed by atoms with Crippen molar-refractivity contribution in [1.82, 2.24) is 0 Å². The largest absolute Gasteiger partial charge is 0.480 e. The van der Waals surface area contributed by atoms with Crippen LogP contribution in [0.5, 0.6) is 0 Å². The molecular formula is C11H20FN3O2. The Balaban J connectivity index is 4.43. The van der Waals surface area contributed by atoms with Crippen LogP contribution in [-0.4, -0.2) is 29.0 Å². The molecule has 0 aromatic heterocycles. The number of rotatable bonds is 6. The number of carboxylic acids is 1. The van der Waals surface area contributed by atoms with Crippen molar-refractivity contribution in [3.05, 3.63) is 11.4 Å². The van der Waals surface area contributed by atoms with Crippen LogP contribution in [0, 0.1) is 0 Å². The molecule has 0 saturated heterocycles. The van der Waals surface area contributed by atoms with Gasteiger partial charge in [-0.15, -0.1) is 0 Å². The highest BCUT2D eigenvalue weighted by atomic mass is 19.1. The fourth-order valence-electron chi connectivity index (χ4n) is 1.02. The summed E-state index contributed by atoms with van der Waals surface area (Å²) in [6.45, 7) is 4.76. The molecule has 1 unspecified atom stereocenters. The quantitative estimate of drug-likeness (QED) is 0.483. The van der Waals surface area contributed by atoms with Crippen molar-refractivity contribution in [2.75, 3.05) is 6.54 Å². The van der Waals surface area contributed by atoms with Crippen molar-refractivity contribution in [3.8, 4) is 0 Å². The van der Waals surface area contributed by atoms with Gasteiger partial charge in [-0.2, -0.15) is 0 Å². The summed E-state index contributed by atoms with van der Waals surface area (Å²) in [6.07, 6.45) is 0.0289. The molecular weight excluding hydrogens is 225 g/mol. The third-order valence-electron chi connectivity index (χ3n) is 2.38. The third-order valence-corrected chi connectivity index (χ3v) is 2.38. The molecule has 0 aliphatic rings. The maximum atomic E-state index is 13.6. The zero-order valence-corrected chi connectivity index (χ0v) is 10.5. The van der Waals surface area contributed by atoms with Crippen molar-refractivity contribution in [2.45, 2.75) is 39.2 Å². The Morgan fingerprint density at radius 2 is 2.00 bits per heavy atom. The molecule has 0 bridgehead atoms. The maximum absolute atomic E-state index is 13.6. The van der Waals surface area contributed by atoms with E-state index in [1.807, 2.05) is 0 Å². The standard InChI is InChI=1S/C11H20FN3O2/c1-7(6-15-8(2)13)9(12)4-5-11(3,14)10(16)17/h4-6,14H2,1-3H3,(H2,13,15)(H,16,17)/b9-7-. The number of hydrogen-bond donors (Lipinski definition) is 3. The fourth-order valence-corrected chi connectivity index (χ4v) is 1.02. The van der Waals surface area contributed by atoms with Crippen LogP contribution in [0.4, 0.5) is 4.39 Å². The lowest BCUT2D eigenvalue weighted by Gasteiger charge is -2.18. The number of allylic oxidation sites excluding steroid dienone is 1. The van der Waals surface area contributed by atoms with Gasteiger partial charge in [0.25, 0.3) is 0 Å². The highest BCUT2D eigenvalue weighted by Gasteiger charge is 2.27. The highest BCUT2D eigenvalue weighted by Crippen LogP contribution is 2.18. The first kappa shape index (κ1) is 15.6. The van der Waals surface area contributed by atoms with Gasteiger partial charge in [-0.05, 0) is 32.8 Å². The van der Waals surface area contributed by atoms with Crippen LogP contribution in [0.3, 0.4) is 0 Å². The Labute approximate surface area is 100 Å². The molecule has 0 aromatic rings. The molecule has 0 rings (SSSR count). The second-order valence-corrected chi connectivity index (χ2v) is 4.37. The number of amidine groups is 1. The lowest BCUT2D eigenvalue weighted by molar-refractivity contribution is -0.142. The van der Waals surface area contributed by atoms with E-state index >= 15 is 0 Å². The van der Waals surface area contributed by atoms with E-state index < -0.39 is 11.5 Å². The number of aliphatic carboxylic acids is 1. The molecule has 5 nitrogen and oxygen atoms in total. The molecule has 6 heteroatoms. The van der Waals surface area contributed by atoms with Crippen LogP contribution < -0.4 is 11.5 Å². The lowest BCUT2D eigenvalue weighted by Crippen LogP contribution is -2.44. The van der Waals surface area contributed by atoms with Crippen LogP contribution in [0.25, 0.3) is 0 Å². The minimum absolute atomic E-state index is 0.00965. The van der Waals surface area contributed by atoms with Crippen molar-refractivity contribution in [2.24, 2.45) is 16.5 Å². The maximum Gasteiger partial charge on any atom is 0.323 e. The van der Waals surface area contributed by atoms with Gasteiger partial charge in [0.05, 0.1) is 12.4 Å². The third kappa shape index (κ3) is 6.01. The number of nitrogens with two attached hydrogens (primary N) is 2. The van der Waals surface area contributed by atoms with Crippen molar-refractivity contribution < 1.29 is 14.3 Å². The van der Waals surface area contributed by atoms with Crippen molar-refractivity contribution >= 4 is 11.8 Å². The molecule has 0 spiro atoms. The molecule has 0 amide bonds. The average Bonchev–Trinajstić information content (AvgIpc) is 2.22.